The van der Waals surface area contributed by atoms with Crippen LogP contribution in [0.5, 0.6) is 0 Å². The lowest BCUT2D eigenvalue weighted by Gasteiger charge is -2.11. The second-order valence-electron chi connectivity index (χ2n) is 4.43. The van der Waals surface area contributed by atoms with E-state index in [0.29, 0.717) is 17.0 Å². The average Bonchev–Trinajstić information content (AvgIpc) is 2.33. The highest BCUT2D eigenvalue weighted by molar-refractivity contribution is 6.30. The van der Waals surface area contributed by atoms with Crippen molar-refractivity contribution in [1.29, 1.82) is 0 Å². The molecule has 0 saturated carbocycles. The normalized spacial score (nSPS) is 12.4. The third kappa shape index (κ3) is 4.01. The summed E-state index contributed by atoms with van der Waals surface area (Å²) in [5, 5.41) is 10.5. The molecule has 0 aliphatic heterocycles. The predicted octanol–water partition coefficient (Wildman–Crippen LogP) is 3.76. The highest BCUT2D eigenvalue weighted by Gasteiger charge is 2.11. The number of aliphatic hydroxyl groups is 1. The molecule has 2 aromatic carbocycles. The van der Waals surface area contributed by atoms with Crippen molar-refractivity contribution in [2.75, 3.05) is 0 Å². The van der Waals surface area contributed by atoms with Gasteiger partial charge in [-0.1, -0.05) is 29.8 Å². The minimum Gasteiger partial charge on any atom is -0.392 e. The van der Waals surface area contributed by atoms with E-state index in [9.17, 15) is 13.9 Å². The van der Waals surface area contributed by atoms with Gasteiger partial charge in [0.1, 0.15) is 11.6 Å². The standard InChI is InChI=1S/C15H13ClF2O/c16-12-3-1-2-10(6-12)7-14(19)8-11-4-5-13(17)9-15(11)18/h1-6,9,14,19H,7-8H2. The van der Waals surface area contributed by atoms with E-state index in [2.05, 4.69) is 0 Å². The van der Waals surface area contributed by atoms with Gasteiger partial charge >= 0.3 is 0 Å². The molecule has 2 aromatic rings. The maximum atomic E-state index is 13.4. The Kier molecular flexibility index (Phi) is 4.51. The van der Waals surface area contributed by atoms with Gasteiger partial charge in [-0.15, -0.1) is 0 Å². The van der Waals surface area contributed by atoms with Crippen LogP contribution in [0.1, 0.15) is 11.1 Å². The Hall–Kier alpha value is -1.45. The summed E-state index contributed by atoms with van der Waals surface area (Å²) < 4.78 is 26.2. The minimum absolute atomic E-state index is 0.138. The maximum Gasteiger partial charge on any atom is 0.129 e. The second kappa shape index (κ2) is 6.13. The topological polar surface area (TPSA) is 20.2 Å². The second-order valence-corrected chi connectivity index (χ2v) is 4.86. The van der Waals surface area contributed by atoms with Crippen LogP contribution >= 0.6 is 11.6 Å². The first kappa shape index (κ1) is 14.0. The molecule has 100 valence electrons. The Labute approximate surface area is 115 Å². The molecule has 1 nitrogen and oxygen atoms in total. The van der Waals surface area contributed by atoms with Crippen LogP contribution in [0.15, 0.2) is 42.5 Å². The average molecular weight is 283 g/mol. The van der Waals surface area contributed by atoms with E-state index >= 15 is 0 Å². The number of rotatable bonds is 4. The highest BCUT2D eigenvalue weighted by atomic mass is 35.5. The third-order valence-electron chi connectivity index (χ3n) is 2.83. The van der Waals surface area contributed by atoms with Crippen molar-refractivity contribution in [2.45, 2.75) is 18.9 Å². The molecule has 0 saturated heterocycles. The molecular weight excluding hydrogens is 270 g/mol. The van der Waals surface area contributed by atoms with Gasteiger partial charge in [0.15, 0.2) is 0 Å². The monoisotopic (exact) mass is 282 g/mol. The lowest BCUT2D eigenvalue weighted by molar-refractivity contribution is 0.174. The summed E-state index contributed by atoms with van der Waals surface area (Å²) in [5.74, 6) is -1.25. The SMILES string of the molecule is OC(Cc1cccc(Cl)c1)Cc1ccc(F)cc1F. The van der Waals surface area contributed by atoms with E-state index in [4.69, 9.17) is 11.6 Å². The first-order valence-corrected chi connectivity index (χ1v) is 6.29. The lowest BCUT2D eigenvalue weighted by atomic mass is 10.0. The number of halogens is 3. The third-order valence-corrected chi connectivity index (χ3v) is 3.07. The van der Waals surface area contributed by atoms with Crippen LogP contribution in [0, 0.1) is 11.6 Å². The van der Waals surface area contributed by atoms with E-state index in [1.807, 2.05) is 6.07 Å². The van der Waals surface area contributed by atoms with E-state index in [0.717, 1.165) is 11.6 Å². The molecule has 0 aromatic heterocycles. The van der Waals surface area contributed by atoms with E-state index in [1.165, 1.54) is 12.1 Å². The van der Waals surface area contributed by atoms with Crippen LogP contribution in [0.3, 0.4) is 0 Å². The van der Waals surface area contributed by atoms with Crippen LogP contribution in [0.25, 0.3) is 0 Å². The van der Waals surface area contributed by atoms with Crippen LogP contribution in [0.4, 0.5) is 8.78 Å². The molecule has 4 heteroatoms. The molecule has 0 spiro atoms. The Morgan fingerprint density at radius 2 is 1.84 bits per heavy atom. The van der Waals surface area contributed by atoms with Gasteiger partial charge in [0.25, 0.3) is 0 Å². The number of hydrogen-bond donors (Lipinski definition) is 1. The fraction of sp³-hybridized carbons (Fsp3) is 0.200. The summed E-state index contributed by atoms with van der Waals surface area (Å²) in [4.78, 5) is 0. The van der Waals surface area contributed by atoms with Crippen LogP contribution in [-0.4, -0.2) is 11.2 Å². The van der Waals surface area contributed by atoms with Gasteiger partial charge in [-0.05, 0) is 35.7 Å². The number of benzene rings is 2. The summed E-state index contributed by atoms with van der Waals surface area (Å²) in [6.45, 7) is 0. The quantitative estimate of drug-likeness (QED) is 0.905. The Bertz CT molecular complexity index is 572. The first-order valence-electron chi connectivity index (χ1n) is 5.91. The van der Waals surface area contributed by atoms with Gasteiger partial charge in [0, 0.05) is 17.5 Å². The zero-order chi connectivity index (χ0) is 13.8. The maximum absolute atomic E-state index is 13.4. The molecule has 0 bridgehead atoms. The fourth-order valence-electron chi connectivity index (χ4n) is 1.95. The van der Waals surface area contributed by atoms with E-state index in [1.54, 1.807) is 18.2 Å². The molecule has 0 fully saturated rings. The molecule has 19 heavy (non-hydrogen) atoms. The summed E-state index contributed by atoms with van der Waals surface area (Å²) >= 11 is 5.85. The summed E-state index contributed by atoms with van der Waals surface area (Å²) in [7, 11) is 0. The van der Waals surface area contributed by atoms with Crippen molar-refractivity contribution in [3.8, 4) is 0 Å². The van der Waals surface area contributed by atoms with Gasteiger partial charge in [0.2, 0.25) is 0 Å². The molecular formula is C15H13ClF2O. The van der Waals surface area contributed by atoms with Crippen molar-refractivity contribution in [3.63, 3.8) is 0 Å². The molecule has 0 heterocycles. The van der Waals surface area contributed by atoms with Gasteiger partial charge in [-0.3, -0.25) is 0 Å². The van der Waals surface area contributed by atoms with Crippen molar-refractivity contribution < 1.29 is 13.9 Å². The van der Waals surface area contributed by atoms with E-state index in [-0.39, 0.29) is 6.42 Å². The molecule has 0 radical (unpaired) electrons. The predicted molar refractivity (Wildman–Crippen MR) is 71.2 cm³/mol. The highest BCUT2D eigenvalue weighted by Crippen LogP contribution is 2.16. The van der Waals surface area contributed by atoms with Crippen molar-refractivity contribution in [2.24, 2.45) is 0 Å². The zero-order valence-electron chi connectivity index (χ0n) is 10.1. The Morgan fingerprint density at radius 1 is 1.05 bits per heavy atom. The van der Waals surface area contributed by atoms with Crippen LogP contribution in [-0.2, 0) is 12.8 Å². The molecule has 1 atom stereocenters. The fourth-order valence-corrected chi connectivity index (χ4v) is 2.16. The van der Waals surface area contributed by atoms with Crippen LogP contribution in [0.2, 0.25) is 5.02 Å². The summed E-state index contributed by atoms with van der Waals surface area (Å²) in [6.07, 6.45) is -0.228. The Morgan fingerprint density at radius 3 is 2.53 bits per heavy atom. The molecule has 1 N–H and O–H groups in total. The summed E-state index contributed by atoms with van der Waals surface area (Å²) in [5.41, 5.74) is 1.18. The molecule has 0 aliphatic carbocycles. The molecule has 0 aliphatic rings. The van der Waals surface area contributed by atoms with Crippen molar-refractivity contribution in [1.82, 2.24) is 0 Å². The van der Waals surface area contributed by atoms with Gasteiger partial charge < -0.3 is 5.11 Å². The molecule has 1 unspecified atom stereocenters. The summed E-state index contributed by atoms with van der Waals surface area (Å²) in [6, 6.07) is 10.5. The Balaban J connectivity index is 2.03. The number of aliphatic hydroxyl groups excluding tert-OH is 1. The number of hydrogen-bond acceptors (Lipinski definition) is 1. The smallest absolute Gasteiger partial charge is 0.129 e. The van der Waals surface area contributed by atoms with Gasteiger partial charge in [-0.25, -0.2) is 8.78 Å². The largest absolute Gasteiger partial charge is 0.392 e. The van der Waals surface area contributed by atoms with Crippen molar-refractivity contribution >= 4 is 11.6 Å². The zero-order valence-corrected chi connectivity index (χ0v) is 10.9. The van der Waals surface area contributed by atoms with Gasteiger partial charge in [0.05, 0.1) is 6.10 Å². The van der Waals surface area contributed by atoms with E-state index < -0.39 is 17.7 Å². The first-order chi connectivity index (χ1) is 9.04. The van der Waals surface area contributed by atoms with Gasteiger partial charge in [-0.2, -0.15) is 0 Å². The van der Waals surface area contributed by atoms with Crippen LogP contribution < -0.4 is 0 Å². The molecule has 2 rings (SSSR count). The van der Waals surface area contributed by atoms with Crippen molar-refractivity contribution in [3.05, 3.63) is 70.2 Å². The lowest BCUT2D eigenvalue weighted by Crippen LogP contribution is -2.15. The minimum atomic E-state index is -0.738. The molecule has 0 amide bonds.